The molecule has 0 spiro atoms. The monoisotopic (exact) mass is 346 g/mol. The number of amides is 2. The molecule has 0 saturated carbocycles. The maximum atomic E-state index is 13.6. The molecular weight excluding hydrogens is 327 g/mol. The highest BCUT2D eigenvalue weighted by atomic mass is 19.1. The topological polar surface area (TPSA) is 84.4 Å². The number of benzene rings is 1. The summed E-state index contributed by atoms with van der Waals surface area (Å²) in [6.07, 6.45) is 4.27. The van der Waals surface area contributed by atoms with Gasteiger partial charge in [-0.05, 0) is 12.1 Å². The molecule has 132 valence electrons. The molecular formula is C17H19FN4O3. The molecule has 2 aromatic rings. The molecule has 0 saturated heterocycles. The largest absolute Gasteiger partial charge is 0.383 e. The normalized spacial score (nSPS) is 10.3. The number of nitrogens with one attached hydrogen (secondary N) is 1. The highest BCUT2D eigenvalue weighted by Crippen LogP contribution is 2.12. The van der Waals surface area contributed by atoms with Crippen molar-refractivity contribution in [2.24, 2.45) is 0 Å². The number of carbonyl (C=O) groups excluding carboxylic acids is 2. The predicted octanol–water partition coefficient (Wildman–Crippen LogP) is 1.73. The minimum Gasteiger partial charge on any atom is -0.383 e. The van der Waals surface area contributed by atoms with E-state index in [1.165, 1.54) is 48.8 Å². The number of hydrogen-bond acceptors (Lipinski definition) is 5. The Morgan fingerprint density at radius 2 is 2.04 bits per heavy atom. The quantitative estimate of drug-likeness (QED) is 0.787. The van der Waals surface area contributed by atoms with Crippen molar-refractivity contribution in [3.63, 3.8) is 0 Å². The minimum absolute atomic E-state index is 0.0179. The van der Waals surface area contributed by atoms with Gasteiger partial charge in [-0.1, -0.05) is 12.1 Å². The second-order valence-corrected chi connectivity index (χ2v) is 5.15. The number of rotatable bonds is 8. The van der Waals surface area contributed by atoms with Crippen molar-refractivity contribution < 1.29 is 18.7 Å². The molecule has 0 radical (unpaired) electrons. The molecule has 8 heteroatoms. The van der Waals surface area contributed by atoms with Crippen LogP contribution in [0, 0.1) is 5.82 Å². The standard InChI is InChI=1S/C17H19FN4O3/c1-25-11-10-22(17(24)15-12-19-7-8-20-15)9-6-16(23)21-14-5-3-2-4-13(14)18/h2-5,7-8,12H,6,9-11H2,1H3,(H,21,23). The third-order valence-electron chi connectivity index (χ3n) is 3.39. The first-order valence-electron chi connectivity index (χ1n) is 7.70. The van der Waals surface area contributed by atoms with Crippen LogP contribution < -0.4 is 5.32 Å². The van der Waals surface area contributed by atoms with Crippen molar-refractivity contribution in [2.45, 2.75) is 6.42 Å². The van der Waals surface area contributed by atoms with E-state index in [9.17, 15) is 14.0 Å². The van der Waals surface area contributed by atoms with Crippen LogP contribution in [-0.2, 0) is 9.53 Å². The lowest BCUT2D eigenvalue weighted by Gasteiger charge is -2.21. The van der Waals surface area contributed by atoms with Gasteiger partial charge in [0, 0.05) is 39.0 Å². The highest BCUT2D eigenvalue weighted by molar-refractivity contribution is 5.93. The third-order valence-corrected chi connectivity index (χ3v) is 3.39. The fourth-order valence-electron chi connectivity index (χ4n) is 2.10. The van der Waals surface area contributed by atoms with Gasteiger partial charge in [-0.15, -0.1) is 0 Å². The minimum atomic E-state index is -0.511. The summed E-state index contributed by atoms with van der Waals surface area (Å²) in [6.45, 7) is 0.777. The molecule has 0 atom stereocenters. The first kappa shape index (κ1) is 18.5. The van der Waals surface area contributed by atoms with E-state index in [1.807, 2.05) is 0 Å². The molecule has 1 heterocycles. The Bertz CT molecular complexity index is 712. The second kappa shape index (κ2) is 9.43. The number of anilines is 1. The number of ether oxygens (including phenoxy) is 1. The Morgan fingerprint density at radius 1 is 1.24 bits per heavy atom. The molecule has 2 amide bonds. The van der Waals surface area contributed by atoms with Crippen LogP contribution in [0.2, 0.25) is 0 Å². The number of methoxy groups -OCH3 is 1. The fourth-order valence-corrected chi connectivity index (χ4v) is 2.10. The van der Waals surface area contributed by atoms with Crippen molar-refractivity contribution in [3.8, 4) is 0 Å². The average Bonchev–Trinajstić information content (AvgIpc) is 2.64. The summed E-state index contributed by atoms with van der Waals surface area (Å²) in [4.78, 5) is 33.8. The third kappa shape index (κ3) is 5.61. The first-order chi connectivity index (χ1) is 12.1. The summed E-state index contributed by atoms with van der Waals surface area (Å²) in [6, 6.07) is 5.90. The first-order valence-corrected chi connectivity index (χ1v) is 7.70. The lowest BCUT2D eigenvalue weighted by atomic mass is 10.2. The van der Waals surface area contributed by atoms with Gasteiger partial charge in [-0.3, -0.25) is 14.6 Å². The van der Waals surface area contributed by atoms with E-state index in [1.54, 1.807) is 6.07 Å². The molecule has 1 aromatic carbocycles. The number of para-hydroxylation sites is 1. The molecule has 0 aliphatic heterocycles. The number of aromatic nitrogens is 2. The zero-order valence-electron chi connectivity index (χ0n) is 13.8. The Labute approximate surface area is 144 Å². The van der Waals surface area contributed by atoms with Gasteiger partial charge in [0.15, 0.2) is 0 Å². The molecule has 1 aromatic heterocycles. The molecule has 7 nitrogen and oxygen atoms in total. The van der Waals surface area contributed by atoms with Gasteiger partial charge in [-0.25, -0.2) is 9.37 Å². The summed E-state index contributed by atoms with van der Waals surface area (Å²) in [7, 11) is 1.52. The van der Waals surface area contributed by atoms with Crippen LogP contribution in [0.4, 0.5) is 10.1 Å². The Balaban J connectivity index is 1.96. The molecule has 25 heavy (non-hydrogen) atoms. The van der Waals surface area contributed by atoms with Crippen LogP contribution in [0.3, 0.4) is 0 Å². The summed E-state index contributed by atoms with van der Waals surface area (Å²) in [5, 5.41) is 2.49. The van der Waals surface area contributed by atoms with E-state index in [0.717, 1.165) is 0 Å². The van der Waals surface area contributed by atoms with E-state index in [-0.39, 0.29) is 36.2 Å². The lowest BCUT2D eigenvalue weighted by Crippen LogP contribution is -2.36. The van der Waals surface area contributed by atoms with E-state index in [4.69, 9.17) is 4.74 Å². The van der Waals surface area contributed by atoms with Gasteiger partial charge in [0.25, 0.3) is 5.91 Å². The maximum absolute atomic E-state index is 13.6. The van der Waals surface area contributed by atoms with Gasteiger partial charge in [0.1, 0.15) is 11.5 Å². The Kier molecular flexibility index (Phi) is 6.97. The van der Waals surface area contributed by atoms with Crippen molar-refractivity contribution in [3.05, 3.63) is 54.4 Å². The van der Waals surface area contributed by atoms with Crippen molar-refractivity contribution in [1.29, 1.82) is 0 Å². The van der Waals surface area contributed by atoms with Crippen LogP contribution in [-0.4, -0.2) is 53.5 Å². The zero-order valence-corrected chi connectivity index (χ0v) is 13.8. The van der Waals surface area contributed by atoms with Crippen molar-refractivity contribution in [2.75, 3.05) is 32.1 Å². The van der Waals surface area contributed by atoms with E-state index in [2.05, 4.69) is 15.3 Å². The lowest BCUT2D eigenvalue weighted by molar-refractivity contribution is -0.116. The fraction of sp³-hybridized carbons (Fsp3) is 0.294. The Hall–Kier alpha value is -2.87. The van der Waals surface area contributed by atoms with Crippen LogP contribution in [0.15, 0.2) is 42.9 Å². The second-order valence-electron chi connectivity index (χ2n) is 5.15. The van der Waals surface area contributed by atoms with Crippen LogP contribution >= 0.6 is 0 Å². The molecule has 0 fully saturated rings. The molecule has 0 unspecified atom stereocenters. The van der Waals surface area contributed by atoms with Crippen molar-refractivity contribution in [1.82, 2.24) is 14.9 Å². The number of halogens is 1. The summed E-state index contributed by atoms with van der Waals surface area (Å²) < 4.78 is 18.6. The average molecular weight is 346 g/mol. The smallest absolute Gasteiger partial charge is 0.274 e. The van der Waals surface area contributed by atoms with Crippen LogP contribution in [0.25, 0.3) is 0 Å². The highest BCUT2D eigenvalue weighted by Gasteiger charge is 2.18. The van der Waals surface area contributed by atoms with E-state index < -0.39 is 5.82 Å². The number of nitrogens with zero attached hydrogens (tertiary/aromatic N) is 3. The summed E-state index contributed by atoms with van der Waals surface area (Å²) in [5.74, 6) is -1.24. The number of hydrogen-bond donors (Lipinski definition) is 1. The van der Waals surface area contributed by atoms with E-state index in [0.29, 0.717) is 13.2 Å². The van der Waals surface area contributed by atoms with E-state index >= 15 is 0 Å². The molecule has 1 N–H and O–H groups in total. The van der Waals surface area contributed by atoms with Crippen molar-refractivity contribution >= 4 is 17.5 Å². The number of carbonyl (C=O) groups is 2. The molecule has 0 aliphatic carbocycles. The maximum Gasteiger partial charge on any atom is 0.274 e. The zero-order chi connectivity index (χ0) is 18.1. The Morgan fingerprint density at radius 3 is 2.72 bits per heavy atom. The van der Waals surface area contributed by atoms with Crippen LogP contribution in [0.1, 0.15) is 16.9 Å². The van der Waals surface area contributed by atoms with Gasteiger partial charge in [-0.2, -0.15) is 0 Å². The molecule has 0 bridgehead atoms. The molecule has 0 aliphatic rings. The van der Waals surface area contributed by atoms with Gasteiger partial charge < -0.3 is 15.0 Å². The van der Waals surface area contributed by atoms with Crippen LogP contribution in [0.5, 0.6) is 0 Å². The van der Waals surface area contributed by atoms with Gasteiger partial charge in [0.05, 0.1) is 18.5 Å². The van der Waals surface area contributed by atoms with Gasteiger partial charge in [0.2, 0.25) is 5.91 Å². The van der Waals surface area contributed by atoms with Gasteiger partial charge >= 0.3 is 0 Å². The molecule has 2 rings (SSSR count). The summed E-state index contributed by atoms with van der Waals surface area (Å²) in [5.41, 5.74) is 0.296. The summed E-state index contributed by atoms with van der Waals surface area (Å²) >= 11 is 0. The SMILES string of the molecule is COCCN(CCC(=O)Nc1ccccc1F)C(=O)c1cnccn1. The predicted molar refractivity (Wildman–Crippen MR) is 89.5 cm³/mol.